The Hall–Kier alpha value is -2.29. The standard InChI is InChI=1S/C24H32N2O/c1-4-20-5-7-21(8-6-20)17-24(27)25-19(3)22-9-11-23(12-10-22)26-15-13-18(2)14-16-26/h5-12,18-19H,4,13-17H2,1-3H3,(H,25,27)/t19-/m1/s1. The second-order valence-electron chi connectivity index (χ2n) is 7.90. The number of rotatable bonds is 6. The smallest absolute Gasteiger partial charge is 0.224 e. The summed E-state index contributed by atoms with van der Waals surface area (Å²) in [5, 5.41) is 3.13. The molecule has 27 heavy (non-hydrogen) atoms. The molecule has 0 saturated carbocycles. The van der Waals surface area contributed by atoms with E-state index in [2.05, 4.69) is 79.5 Å². The van der Waals surface area contributed by atoms with Crippen molar-refractivity contribution in [3.05, 3.63) is 65.2 Å². The zero-order chi connectivity index (χ0) is 19.2. The van der Waals surface area contributed by atoms with E-state index in [1.165, 1.54) is 24.1 Å². The number of piperidine rings is 1. The van der Waals surface area contributed by atoms with Crippen molar-refractivity contribution in [2.75, 3.05) is 18.0 Å². The van der Waals surface area contributed by atoms with Gasteiger partial charge in [0.15, 0.2) is 0 Å². The largest absolute Gasteiger partial charge is 0.372 e. The third kappa shape index (κ3) is 5.35. The predicted octanol–water partition coefficient (Wildman–Crippen LogP) is 4.91. The van der Waals surface area contributed by atoms with Gasteiger partial charge in [0.1, 0.15) is 0 Å². The van der Waals surface area contributed by atoms with Crippen LogP contribution in [-0.2, 0) is 17.6 Å². The number of anilines is 1. The molecular formula is C24H32N2O. The Balaban J connectivity index is 1.53. The van der Waals surface area contributed by atoms with Gasteiger partial charge in [-0.2, -0.15) is 0 Å². The van der Waals surface area contributed by atoms with E-state index in [9.17, 15) is 4.79 Å². The zero-order valence-corrected chi connectivity index (χ0v) is 16.9. The van der Waals surface area contributed by atoms with Crippen LogP contribution in [0.2, 0.25) is 0 Å². The molecule has 1 amide bonds. The summed E-state index contributed by atoms with van der Waals surface area (Å²) in [6, 6.07) is 17.0. The molecule has 0 aliphatic carbocycles. The Morgan fingerprint density at radius 1 is 1.04 bits per heavy atom. The number of hydrogen-bond donors (Lipinski definition) is 1. The van der Waals surface area contributed by atoms with Crippen LogP contribution in [0, 0.1) is 5.92 Å². The highest BCUT2D eigenvalue weighted by molar-refractivity contribution is 5.79. The van der Waals surface area contributed by atoms with Gasteiger partial charge in [0.05, 0.1) is 12.5 Å². The van der Waals surface area contributed by atoms with E-state index in [4.69, 9.17) is 0 Å². The van der Waals surface area contributed by atoms with E-state index in [1.54, 1.807) is 0 Å². The molecule has 1 fully saturated rings. The lowest BCUT2D eigenvalue weighted by molar-refractivity contribution is -0.121. The molecule has 3 heteroatoms. The second kappa shape index (κ2) is 9.07. The molecule has 2 aromatic rings. The van der Waals surface area contributed by atoms with Gasteiger partial charge in [-0.15, -0.1) is 0 Å². The number of carbonyl (C=O) groups excluding carboxylic acids is 1. The molecule has 1 heterocycles. The average molecular weight is 365 g/mol. The van der Waals surface area contributed by atoms with Crippen LogP contribution in [-0.4, -0.2) is 19.0 Å². The highest BCUT2D eigenvalue weighted by Gasteiger charge is 2.16. The maximum absolute atomic E-state index is 12.4. The topological polar surface area (TPSA) is 32.3 Å². The van der Waals surface area contributed by atoms with Crippen LogP contribution in [0.25, 0.3) is 0 Å². The molecule has 3 rings (SSSR count). The van der Waals surface area contributed by atoms with Crippen LogP contribution >= 0.6 is 0 Å². The first-order valence-corrected chi connectivity index (χ1v) is 10.3. The molecule has 1 atom stereocenters. The lowest BCUT2D eigenvalue weighted by Crippen LogP contribution is -2.32. The summed E-state index contributed by atoms with van der Waals surface area (Å²) in [6.45, 7) is 8.81. The summed E-state index contributed by atoms with van der Waals surface area (Å²) in [5.74, 6) is 0.912. The summed E-state index contributed by atoms with van der Waals surface area (Å²) in [5.41, 5.74) is 4.81. The molecule has 0 bridgehead atoms. The number of hydrogen-bond acceptors (Lipinski definition) is 2. The van der Waals surface area contributed by atoms with Crippen LogP contribution in [0.1, 0.15) is 56.3 Å². The van der Waals surface area contributed by atoms with Crippen LogP contribution in [0.4, 0.5) is 5.69 Å². The van der Waals surface area contributed by atoms with Crippen LogP contribution < -0.4 is 10.2 Å². The van der Waals surface area contributed by atoms with Gasteiger partial charge < -0.3 is 10.2 Å². The predicted molar refractivity (Wildman–Crippen MR) is 113 cm³/mol. The van der Waals surface area contributed by atoms with E-state index in [0.717, 1.165) is 36.6 Å². The van der Waals surface area contributed by atoms with E-state index >= 15 is 0 Å². The maximum atomic E-state index is 12.4. The minimum atomic E-state index is 0.0165. The first-order chi connectivity index (χ1) is 13.0. The summed E-state index contributed by atoms with van der Waals surface area (Å²) >= 11 is 0. The van der Waals surface area contributed by atoms with E-state index in [0.29, 0.717) is 6.42 Å². The van der Waals surface area contributed by atoms with Gasteiger partial charge in [0, 0.05) is 18.8 Å². The van der Waals surface area contributed by atoms with E-state index in [-0.39, 0.29) is 11.9 Å². The number of nitrogens with zero attached hydrogens (tertiary/aromatic N) is 1. The van der Waals surface area contributed by atoms with Gasteiger partial charge in [-0.3, -0.25) is 4.79 Å². The minimum absolute atomic E-state index is 0.0165. The molecule has 2 aromatic carbocycles. The average Bonchev–Trinajstić information content (AvgIpc) is 2.69. The van der Waals surface area contributed by atoms with Crippen LogP contribution in [0.5, 0.6) is 0 Å². The summed E-state index contributed by atoms with van der Waals surface area (Å²) in [7, 11) is 0. The maximum Gasteiger partial charge on any atom is 0.224 e. The first kappa shape index (κ1) is 19.5. The SMILES string of the molecule is CCc1ccc(CC(=O)N[C@H](C)c2ccc(N3CCC(C)CC3)cc2)cc1. The Morgan fingerprint density at radius 3 is 2.22 bits per heavy atom. The van der Waals surface area contributed by atoms with Crippen LogP contribution in [0.15, 0.2) is 48.5 Å². The summed E-state index contributed by atoms with van der Waals surface area (Å²) in [6.07, 6.45) is 4.00. The van der Waals surface area contributed by atoms with Crippen molar-refractivity contribution in [2.45, 2.75) is 52.5 Å². The van der Waals surface area contributed by atoms with Gasteiger partial charge in [-0.25, -0.2) is 0 Å². The van der Waals surface area contributed by atoms with Crippen molar-refractivity contribution in [1.82, 2.24) is 5.32 Å². The van der Waals surface area contributed by atoms with Gasteiger partial charge in [-0.05, 0) is 60.9 Å². The van der Waals surface area contributed by atoms with Gasteiger partial charge in [0.25, 0.3) is 0 Å². The zero-order valence-electron chi connectivity index (χ0n) is 16.9. The highest BCUT2D eigenvalue weighted by Crippen LogP contribution is 2.24. The summed E-state index contributed by atoms with van der Waals surface area (Å²) < 4.78 is 0. The number of benzene rings is 2. The van der Waals surface area contributed by atoms with E-state index < -0.39 is 0 Å². The fraction of sp³-hybridized carbons (Fsp3) is 0.458. The monoisotopic (exact) mass is 364 g/mol. The number of aryl methyl sites for hydroxylation is 1. The van der Waals surface area contributed by atoms with Crippen molar-refractivity contribution in [2.24, 2.45) is 5.92 Å². The molecule has 0 spiro atoms. The molecule has 1 saturated heterocycles. The molecule has 0 unspecified atom stereocenters. The van der Waals surface area contributed by atoms with E-state index in [1.807, 2.05) is 0 Å². The highest BCUT2D eigenvalue weighted by atomic mass is 16.1. The quantitative estimate of drug-likeness (QED) is 0.790. The Bertz CT molecular complexity index is 728. The van der Waals surface area contributed by atoms with Gasteiger partial charge >= 0.3 is 0 Å². The van der Waals surface area contributed by atoms with Crippen molar-refractivity contribution in [3.8, 4) is 0 Å². The normalized spacial score (nSPS) is 16.2. The molecule has 144 valence electrons. The third-order valence-corrected chi connectivity index (χ3v) is 5.72. The molecule has 0 radical (unpaired) electrons. The number of nitrogens with one attached hydrogen (secondary N) is 1. The number of amides is 1. The second-order valence-corrected chi connectivity index (χ2v) is 7.90. The third-order valence-electron chi connectivity index (χ3n) is 5.72. The molecule has 1 aliphatic heterocycles. The minimum Gasteiger partial charge on any atom is -0.372 e. The van der Waals surface area contributed by atoms with Crippen molar-refractivity contribution >= 4 is 11.6 Å². The lowest BCUT2D eigenvalue weighted by Gasteiger charge is -2.32. The van der Waals surface area contributed by atoms with Crippen molar-refractivity contribution in [3.63, 3.8) is 0 Å². The Kier molecular flexibility index (Phi) is 6.54. The Morgan fingerprint density at radius 2 is 1.63 bits per heavy atom. The molecule has 0 aromatic heterocycles. The van der Waals surface area contributed by atoms with Gasteiger partial charge in [0.2, 0.25) is 5.91 Å². The lowest BCUT2D eigenvalue weighted by atomic mass is 9.98. The fourth-order valence-corrected chi connectivity index (χ4v) is 3.69. The molecule has 1 N–H and O–H groups in total. The number of carbonyl (C=O) groups is 1. The van der Waals surface area contributed by atoms with Crippen molar-refractivity contribution in [1.29, 1.82) is 0 Å². The molecule has 3 nitrogen and oxygen atoms in total. The Labute approximate surface area is 163 Å². The molecule has 1 aliphatic rings. The summed E-state index contributed by atoms with van der Waals surface area (Å²) in [4.78, 5) is 14.8. The first-order valence-electron chi connectivity index (χ1n) is 10.3. The van der Waals surface area contributed by atoms with Crippen LogP contribution in [0.3, 0.4) is 0 Å². The molecular weight excluding hydrogens is 332 g/mol. The van der Waals surface area contributed by atoms with Crippen molar-refractivity contribution < 1.29 is 4.79 Å². The van der Waals surface area contributed by atoms with Gasteiger partial charge in [-0.1, -0.05) is 50.2 Å². The fourth-order valence-electron chi connectivity index (χ4n) is 3.69.